The molecule has 0 aliphatic carbocycles. The van der Waals surface area contributed by atoms with Gasteiger partial charge in [0.2, 0.25) is 5.82 Å². The Kier molecular flexibility index (Phi) is 7.42. The quantitative estimate of drug-likeness (QED) is 0.693. The van der Waals surface area contributed by atoms with Gasteiger partial charge in [0.25, 0.3) is 5.91 Å². The maximum Gasteiger partial charge on any atom is 0.451 e. The van der Waals surface area contributed by atoms with Crippen molar-refractivity contribution in [1.82, 2.24) is 25.2 Å². The van der Waals surface area contributed by atoms with Crippen molar-refractivity contribution in [2.24, 2.45) is 5.92 Å². The van der Waals surface area contributed by atoms with E-state index in [9.17, 15) is 18.0 Å². The fourth-order valence-corrected chi connectivity index (χ4v) is 3.82. The molecule has 0 radical (unpaired) electrons. The number of nitrogens with zero attached hydrogens (tertiary/aromatic N) is 4. The predicted molar refractivity (Wildman–Crippen MR) is 110 cm³/mol. The monoisotopic (exact) mass is 436 g/mol. The van der Waals surface area contributed by atoms with Crippen LogP contribution in [0.3, 0.4) is 0 Å². The molecule has 7 nitrogen and oxygen atoms in total. The van der Waals surface area contributed by atoms with Crippen LogP contribution < -0.4 is 11.1 Å². The molecule has 168 valence electrons. The molecule has 3 rings (SSSR count). The molecule has 2 aromatic rings. The fourth-order valence-electron chi connectivity index (χ4n) is 3.82. The first-order valence-corrected chi connectivity index (χ1v) is 10.4. The van der Waals surface area contributed by atoms with Crippen molar-refractivity contribution >= 4 is 11.7 Å². The number of carbonyl (C=O) groups excluding carboxylic acids is 1. The molecular formula is C21H27F3N6O. The zero-order valence-corrected chi connectivity index (χ0v) is 17.5. The molecule has 3 heterocycles. The van der Waals surface area contributed by atoms with Gasteiger partial charge < -0.3 is 16.0 Å². The Morgan fingerprint density at radius 2 is 2.00 bits per heavy atom. The van der Waals surface area contributed by atoms with E-state index in [1.54, 1.807) is 31.3 Å². The minimum Gasteiger partial charge on any atom is -0.383 e. The lowest BCUT2D eigenvalue weighted by Gasteiger charge is -2.32. The number of anilines is 1. The lowest BCUT2D eigenvalue weighted by atomic mass is 9.90. The summed E-state index contributed by atoms with van der Waals surface area (Å²) in [5, 5.41) is 2.88. The summed E-state index contributed by atoms with van der Waals surface area (Å²) < 4.78 is 38.4. The molecule has 0 atom stereocenters. The maximum atomic E-state index is 12.8. The summed E-state index contributed by atoms with van der Waals surface area (Å²) in [6.45, 7) is 4.71. The first kappa shape index (κ1) is 22.9. The summed E-state index contributed by atoms with van der Waals surface area (Å²) in [7, 11) is 0. The second-order valence-corrected chi connectivity index (χ2v) is 7.79. The number of amides is 1. The number of piperidine rings is 1. The summed E-state index contributed by atoms with van der Waals surface area (Å²) in [6, 6.07) is 5.22. The number of nitrogens with one attached hydrogen (secondary N) is 1. The molecule has 1 amide bonds. The minimum atomic E-state index is -4.60. The topological polar surface area (TPSA) is 97.0 Å². The van der Waals surface area contributed by atoms with Crippen LogP contribution in [0.5, 0.6) is 0 Å². The van der Waals surface area contributed by atoms with Gasteiger partial charge in [0.05, 0.1) is 0 Å². The molecule has 2 aromatic heterocycles. The molecule has 0 unspecified atom stereocenters. The van der Waals surface area contributed by atoms with Crippen LogP contribution in [0.4, 0.5) is 19.0 Å². The van der Waals surface area contributed by atoms with E-state index in [4.69, 9.17) is 5.73 Å². The molecule has 0 bridgehead atoms. The van der Waals surface area contributed by atoms with Gasteiger partial charge in [0.15, 0.2) is 0 Å². The van der Waals surface area contributed by atoms with E-state index in [1.807, 2.05) is 0 Å². The molecular weight excluding hydrogens is 409 g/mol. The normalized spacial score (nSPS) is 15.7. The van der Waals surface area contributed by atoms with Crippen LogP contribution in [-0.2, 0) is 12.6 Å². The lowest BCUT2D eigenvalue weighted by Crippen LogP contribution is -2.39. The number of nitrogen functional groups attached to an aromatic ring is 1. The minimum absolute atomic E-state index is 0.0825. The van der Waals surface area contributed by atoms with E-state index in [2.05, 4.69) is 25.2 Å². The third-order valence-electron chi connectivity index (χ3n) is 5.62. The average Bonchev–Trinajstić information content (AvgIpc) is 2.74. The van der Waals surface area contributed by atoms with Gasteiger partial charge in [-0.25, -0.2) is 9.97 Å². The Morgan fingerprint density at radius 1 is 1.26 bits per heavy atom. The Hall–Kier alpha value is -2.75. The van der Waals surface area contributed by atoms with Crippen LogP contribution in [0.15, 0.2) is 24.4 Å². The molecule has 10 heteroatoms. The van der Waals surface area contributed by atoms with E-state index in [0.29, 0.717) is 35.8 Å². The molecule has 1 aliphatic heterocycles. The van der Waals surface area contributed by atoms with E-state index in [-0.39, 0.29) is 11.7 Å². The highest BCUT2D eigenvalue weighted by Crippen LogP contribution is 2.29. The Labute approximate surface area is 179 Å². The van der Waals surface area contributed by atoms with Crippen LogP contribution in [-0.4, -0.2) is 51.9 Å². The van der Waals surface area contributed by atoms with Crippen LogP contribution in [0, 0.1) is 12.8 Å². The van der Waals surface area contributed by atoms with Gasteiger partial charge in [0.1, 0.15) is 11.5 Å². The molecule has 3 N–H and O–H groups in total. The summed E-state index contributed by atoms with van der Waals surface area (Å²) in [5.74, 6) is -0.974. The molecule has 31 heavy (non-hydrogen) atoms. The van der Waals surface area contributed by atoms with Gasteiger partial charge in [-0.3, -0.25) is 9.78 Å². The molecule has 0 aromatic carbocycles. The average molecular weight is 436 g/mol. The number of aromatic nitrogens is 3. The maximum absolute atomic E-state index is 12.8. The number of likely N-dealkylation sites (tertiary alicyclic amines) is 1. The number of pyridine rings is 1. The van der Waals surface area contributed by atoms with Crippen molar-refractivity contribution in [2.45, 2.75) is 38.8 Å². The lowest BCUT2D eigenvalue weighted by molar-refractivity contribution is -0.145. The number of hydrogen-bond acceptors (Lipinski definition) is 6. The van der Waals surface area contributed by atoms with Crippen LogP contribution in [0.25, 0.3) is 0 Å². The van der Waals surface area contributed by atoms with Crippen molar-refractivity contribution < 1.29 is 18.0 Å². The SMILES string of the molecule is Cc1nc(C(F)(F)F)nc(N)c1CCC1CCN(CCNC(=O)c2ccccn2)CC1. The number of hydrogen-bond donors (Lipinski definition) is 2. The highest BCUT2D eigenvalue weighted by Gasteiger charge is 2.35. The fraction of sp³-hybridized carbons (Fsp3) is 0.524. The summed E-state index contributed by atoms with van der Waals surface area (Å²) in [6.07, 6.45) is 0.390. The second kappa shape index (κ2) is 10.0. The zero-order chi connectivity index (χ0) is 22.4. The van der Waals surface area contributed by atoms with Gasteiger partial charge in [-0.1, -0.05) is 6.07 Å². The molecule has 0 saturated carbocycles. The van der Waals surface area contributed by atoms with Crippen molar-refractivity contribution in [3.05, 3.63) is 47.2 Å². The van der Waals surface area contributed by atoms with E-state index >= 15 is 0 Å². The highest BCUT2D eigenvalue weighted by atomic mass is 19.4. The Balaban J connectivity index is 1.40. The number of rotatable bonds is 7. The van der Waals surface area contributed by atoms with Crippen molar-refractivity contribution in [2.75, 3.05) is 31.9 Å². The number of carbonyl (C=O) groups is 1. The Bertz CT molecular complexity index is 859. The molecule has 1 fully saturated rings. The predicted octanol–water partition coefficient (Wildman–Crippen LogP) is 2.86. The summed E-state index contributed by atoms with van der Waals surface area (Å²) >= 11 is 0. The summed E-state index contributed by atoms with van der Waals surface area (Å²) in [5.41, 5.74) is 7.08. The van der Waals surface area contributed by atoms with E-state index in [1.165, 1.54) is 0 Å². The standard InChI is InChI=1S/C21H27F3N6O/c1-14-16(18(25)29-20(28-14)21(22,23)24)6-5-15-7-11-30(12-8-15)13-10-27-19(31)17-4-2-3-9-26-17/h2-4,9,15H,5-8,10-13H2,1H3,(H,27,31)(H2,25,28,29). The van der Waals surface area contributed by atoms with Gasteiger partial charge in [-0.2, -0.15) is 13.2 Å². The first-order valence-electron chi connectivity index (χ1n) is 10.4. The third kappa shape index (κ3) is 6.36. The number of aryl methyl sites for hydroxylation is 1. The van der Waals surface area contributed by atoms with Gasteiger partial charge >= 0.3 is 6.18 Å². The van der Waals surface area contributed by atoms with Crippen molar-refractivity contribution in [3.63, 3.8) is 0 Å². The van der Waals surface area contributed by atoms with Crippen LogP contribution in [0.1, 0.15) is 46.8 Å². The molecule has 1 saturated heterocycles. The largest absolute Gasteiger partial charge is 0.451 e. The smallest absolute Gasteiger partial charge is 0.383 e. The van der Waals surface area contributed by atoms with Gasteiger partial charge in [-0.05, 0) is 63.7 Å². The zero-order valence-electron chi connectivity index (χ0n) is 17.5. The van der Waals surface area contributed by atoms with Crippen LogP contribution in [0.2, 0.25) is 0 Å². The van der Waals surface area contributed by atoms with E-state index < -0.39 is 12.0 Å². The third-order valence-corrected chi connectivity index (χ3v) is 5.62. The number of halogens is 3. The van der Waals surface area contributed by atoms with Gasteiger partial charge in [-0.15, -0.1) is 0 Å². The highest BCUT2D eigenvalue weighted by molar-refractivity contribution is 5.92. The molecule has 1 aliphatic rings. The Morgan fingerprint density at radius 3 is 2.61 bits per heavy atom. The number of alkyl halides is 3. The van der Waals surface area contributed by atoms with Crippen molar-refractivity contribution in [1.29, 1.82) is 0 Å². The first-order chi connectivity index (χ1) is 14.7. The molecule has 0 spiro atoms. The van der Waals surface area contributed by atoms with Crippen molar-refractivity contribution in [3.8, 4) is 0 Å². The summed E-state index contributed by atoms with van der Waals surface area (Å²) in [4.78, 5) is 25.4. The van der Waals surface area contributed by atoms with E-state index in [0.717, 1.165) is 38.9 Å². The van der Waals surface area contributed by atoms with Gasteiger partial charge in [0, 0.05) is 30.5 Å². The van der Waals surface area contributed by atoms with Crippen LogP contribution >= 0.6 is 0 Å². The second-order valence-electron chi connectivity index (χ2n) is 7.79. The number of nitrogens with two attached hydrogens (primary N) is 1.